The van der Waals surface area contributed by atoms with Crippen molar-refractivity contribution in [3.63, 3.8) is 0 Å². The van der Waals surface area contributed by atoms with E-state index in [-0.39, 0.29) is 5.91 Å². The molecule has 0 radical (unpaired) electrons. The Bertz CT molecular complexity index is 1040. The second-order valence-corrected chi connectivity index (χ2v) is 8.55. The minimum atomic E-state index is 0.0725. The van der Waals surface area contributed by atoms with E-state index >= 15 is 0 Å². The van der Waals surface area contributed by atoms with Crippen molar-refractivity contribution in [2.24, 2.45) is 5.92 Å². The molecule has 6 heteroatoms. The summed E-state index contributed by atoms with van der Waals surface area (Å²) in [6.07, 6.45) is 2.23. The number of likely N-dealkylation sites (tertiary alicyclic amines) is 1. The maximum Gasteiger partial charge on any atom is 0.270 e. The number of carbonyl (C=O) groups is 1. The molecule has 2 aromatic carbocycles. The molecule has 0 spiro atoms. The quantitative estimate of drug-likeness (QED) is 0.564. The van der Waals surface area contributed by atoms with Crippen molar-refractivity contribution in [2.45, 2.75) is 26.3 Å². The first-order valence-electron chi connectivity index (χ1n) is 11.4. The highest BCUT2D eigenvalue weighted by Gasteiger charge is 2.24. The largest absolute Gasteiger partial charge is 0.497 e. The number of methoxy groups -OCH3 is 2. The fourth-order valence-corrected chi connectivity index (χ4v) is 4.51. The Morgan fingerprint density at radius 2 is 1.72 bits per heavy atom. The van der Waals surface area contributed by atoms with Gasteiger partial charge in [-0.3, -0.25) is 9.69 Å². The smallest absolute Gasteiger partial charge is 0.270 e. The van der Waals surface area contributed by atoms with E-state index in [0.717, 1.165) is 61.4 Å². The van der Waals surface area contributed by atoms with Crippen LogP contribution in [0.25, 0.3) is 10.9 Å². The average Bonchev–Trinajstić information content (AvgIpc) is 3.27. The van der Waals surface area contributed by atoms with E-state index in [1.165, 1.54) is 5.56 Å². The molecular weight excluding hydrogens is 402 g/mol. The number of piperidine rings is 1. The predicted octanol–water partition coefficient (Wildman–Crippen LogP) is 4.56. The number of nitrogens with zero attached hydrogens (tertiary/aromatic N) is 2. The van der Waals surface area contributed by atoms with Gasteiger partial charge in [0, 0.05) is 30.5 Å². The second kappa shape index (κ2) is 10.1. The molecule has 1 saturated heterocycles. The molecule has 1 aliphatic rings. The van der Waals surface area contributed by atoms with Gasteiger partial charge in [-0.15, -0.1) is 0 Å². The van der Waals surface area contributed by atoms with Gasteiger partial charge in [0.1, 0.15) is 17.2 Å². The number of hydrogen-bond donors (Lipinski definition) is 1. The number of nitrogens with one attached hydrogen (secondary N) is 1. The molecule has 1 aromatic heterocycles. The van der Waals surface area contributed by atoms with Gasteiger partial charge in [-0.2, -0.15) is 0 Å². The van der Waals surface area contributed by atoms with Crippen molar-refractivity contribution in [1.29, 1.82) is 0 Å². The minimum absolute atomic E-state index is 0.0725. The monoisotopic (exact) mass is 435 g/mol. The lowest BCUT2D eigenvalue weighted by atomic mass is 9.95. The number of H-pyrrole nitrogens is 1. The zero-order valence-corrected chi connectivity index (χ0v) is 19.3. The number of fused-ring (bicyclic) bond motifs is 1. The number of aromatic amines is 1. The van der Waals surface area contributed by atoms with Gasteiger partial charge in [0.2, 0.25) is 0 Å². The van der Waals surface area contributed by atoms with Crippen molar-refractivity contribution < 1.29 is 14.3 Å². The molecule has 3 aromatic rings. The molecule has 0 atom stereocenters. The van der Waals surface area contributed by atoms with Crippen LogP contribution in [0.15, 0.2) is 48.5 Å². The van der Waals surface area contributed by atoms with E-state index in [4.69, 9.17) is 9.47 Å². The van der Waals surface area contributed by atoms with Crippen LogP contribution in [0.1, 0.15) is 35.8 Å². The lowest BCUT2D eigenvalue weighted by molar-refractivity contribution is 0.0694. The molecule has 1 N–H and O–H groups in total. The first-order valence-corrected chi connectivity index (χ1v) is 11.4. The molecule has 0 bridgehead atoms. The normalized spacial score (nSPS) is 15.1. The van der Waals surface area contributed by atoms with Gasteiger partial charge >= 0.3 is 0 Å². The number of hydrogen-bond acceptors (Lipinski definition) is 4. The minimum Gasteiger partial charge on any atom is -0.497 e. The molecule has 2 heterocycles. The van der Waals surface area contributed by atoms with Gasteiger partial charge in [0.15, 0.2) is 0 Å². The summed E-state index contributed by atoms with van der Waals surface area (Å²) in [5.41, 5.74) is 2.91. The summed E-state index contributed by atoms with van der Waals surface area (Å²) < 4.78 is 10.5. The third kappa shape index (κ3) is 5.07. The highest BCUT2D eigenvalue weighted by molar-refractivity contribution is 5.98. The Balaban J connectivity index is 1.32. The molecule has 1 fully saturated rings. The van der Waals surface area contributed by atoms with Gasteiger partial charge in [-0.25, -0.2) is 0 Å². The number of benzene rings is 2. The van der Waals surface area contributed by atoms with Gasteiger partial charge in [-0.1, -0.05) is 12.1 Å². The zero-order valence-electron chi connectivity index (χ0n) is 19.3. The number of amides is 1. The highest BCUT2D eigenvalue weighted by Crippen LogP contribution is 2.24. The maximum atomic E-state index is 13.2. The van der Waals surface area contributed by atoms with Crippen LogP contribution in [-0.2, 0) is 6.54 Å². The molecule has 0 aliphatic carbocycles. The van der Waals surface area contributed by atoms with Crippen LogP contribution < -0.4 is 9.47 Å². The summed E-state index contributed by atoms with van der Waals surface area (Å²) in [6, 6.07) is 16.1. The summed E-state index contributed by atoms with van der Waals surface area (Å²) in [4.78, 5) is 20.9. The van der Waals surface area contributed by atoms with E-state index in [9.17, 15) is 4.79 Å². The zero-order chi connectivity index (χ0) is 22.5. The van der Waals surface area contributed by atoms with Crippen LogP contribution >= 0.6 is 0 Å². The summed E-state index contributed by atoms with van der Waals surface area (Å²) in [7, 11) is 3.35. The van der Waals surface area contributed by atoms with Gasteiger partial charge < -0.3 is 19.4 Å². The van der Waals surface area contributed by atoms with E-state index in [2.05, 4.69) is 28.9 Å². The Hall–Kier alpha value is -2.99. The fourth-order valence-electron chi connectivity index (χ4n) is 4.51. The van der Waals surface area contributed by atoms with E-state index < -0.39 is 0 Å². The Morgan fingerprint density at radius 1 is 1.03 bits per heavy atom. The first-order chi connectivity index (χ1) is 15.6. The third-order valence-electron chi connectivity index (χ3n) is 6.48. The summed E-state index contributed by atoms with van der Waals surface area (Å²) >= 11 is 0. The van der Waals surface area contributed by atoms with E-state index in [1.807, 2.05) is 41.3 Å². The van der Waals surface area contributed by atoms with Crippen LogP contribution in [0.3, 0.4) is 0 Å². The number of ether oxygens (including phenoxy) is 2. The lowest BCUT2D eigenvalue weighted by Crippen LogP contribution is -2.40. The molecule has 32 heavy (non-hydrogen) atoms. The first kappa shape index (κ1) is 22.2. The standard InChI is InChI=1S/C26H33N3O3/c1-4-29(26(30)25-16-21-15-23(32-3)9-10-24(21)27-25)18-20-11-13-28(14-12-20)17-19-5-7-22(31-2)8-6-19/h5-10,15-16,20,27H,4,11-14,17-18H2,1-3H3. The molecular formula is C26H33N3O3. The summed E-state index contributed by atoms with van der Waals surface area (Å²) in [6.45, 7) is 6.67. The molecule has 1 aliphatic heterocycles. The number of aromatic nitrogens is 1. The topological polar surface area (TPSA) is 57.8 Å². The second-order valence-electron chi connectivity index (χ2n) is 8.55. The van der Waals surface area contributed by atoms with Crippen LogP contribution in [0.4, 0.5) is 0 Å². The van der Waals surface area contributed by atoms with Crippen molar-refractivity contribution in [2.75, 3.05) is 40.4 Å². The van der Waals surface area contributed by atoms with Gasteiger partial charge in [0.25, 0.3) is 5.91 Å². The SMILES string of the molecule is CCN(CC1CCN(Cc2ccc(OC)cc2)CC1)C(=O)c1cc2cc(OC)ccc2[nH]1. The number of rotatable bonds is 8. The van der Waals surface area contributed by atoms with Gasteiger partial charge in [-0.05, 0) is 80.7 Å². The molecule has 6 nitrogen and oxygen atoms in total. The third-order valence-corrected chi connectivity index (χ3v) is 6.48. The van der Waals surface area contributed by atoms with Crippen LogP contribution in [0.5, 0.6) is 11.5 Å². The predicted molar refractivity (Wildman–Crippen MR) is 127 cm³/mol. The maximum absolute atomic E-state index is 13.2. The molecule has 4 rings (SSSR count). The summed E-state index contributed by atoms with van der Waals surface area (Å²) in [5.74, 6) is 2.30. The van der Waals surface area contributed by atoms with Crippen LogP contribution in [0, 0.1) is 5.92 Å². The van der Waals surface area contributed by atoms with E-state index in [0.29, 0.717) is 18.2 Å². The van der Waals surface area contributed by atoms with Crippen molar-refractivity contribution in [3.8, 4) is 11.5 Å². The van der Waals surface area contributed by atoms with E-state index in [1.54, 1.807) is 14.2 Å². The molecule has 0 saturated carbocycles. The Kier molecular flexibility index (Phi) is 7.00. The Labute approximate surface area is 190 Å². The molecule has 1 amide bonds. The summed E-state index contributed by atoms with van der Waals surface area (Å²) in [5, 5.41) is 0.996. The van der Waals surface area contributed by atoms with Crippen molar-refractivity contribution in [1.82, 2.24) is 14.8 Å². The lowest BCUT2D eigenvalue weighted by Gasteiger charge is -2.34. The highest BCUT2D eigenvalue weighted by atomic mass is 16.5. The Morgan fingerprint density at radius 3 is 2.38 bits per heavy atom. The van der Waals surface area contributed by atoms with Crippen molar-refractivity contribution in [3.05, 3.63) is 59.8 Å². The average molecular weight is 436 g/mol. The van der Waals surface area contributed by atoms with Crippen LogP contribution in [-0.4, -0.2) is 61.1 Å². The fraction of sp³-hybridized carbons (Fsp3) is 0.423. The molecule has 170 valence electrons. The van der Waals surface area contributed by atoms with Crippen molar-refractivity contribution >= 4 is 16.8 Å². The van der Waals surface area contributed by atoms with Gasteiger partial charge in [0.05, 0.1) is 14.2 Å². The molecule has 0 unspecified atom stereocenters. The number of carbonyl (C=O) groups excluding carboxylic acids is 1. The van der Waals surface area contributed by atoms with Crippen LogP contribution in [0.2, 0.25) is 0 Å².